The zero-order valence-corrected chi connectivity index (χ0v) is 9.74. The number of halogens is 1. The summed E-state index contributed by atoms with van der Waals surface area (Å²) in [5, 5.41) is 1.12. The van der Waals surface area contributed by atoms with Gasteiger partial charge in [-0.25, -0.2) is 0 Å². The third kappa shape index (κ3) is 3.57. The second kappa shape index (κ2) is 5.15. The molecule has 0 heterocycles. The van der Waals surface area contributed by atoms with E-state index in [4.69, 9.17) is 0 Å². The number of rotatable bonds is 5. The van der Waals surface area contributed by atoms with Crippen molar-refractivity contribution in [2.45, 2.75) is 26.7 Å². The molecule has 11 heavy (non-hydrogen) atoms. The van der Waals surface area contributed by atoms with Gasteiger partial charge in [0.25, 0.3) is 0 Å². The lowest BCUT2D eigenvalue weighted by atomic mass is 9.84. The minimum Gasteiger partial charge on any atom is -0.309 e. The maximum absolute atomic E-state index is 3.60. The molecule has 0 spiro atoms. The van der Waals surface area contributed by atoms with E-state index in [0.717, 1.165) is 5.33 Å². The quantitative estimate of drug-likeness (QED) is 0.646. The smallest absolute Gasteiger partial charge is 0.01000 e. The Morgan fingerprint density at radius 1 is 1.18 bits per heavy atom. The fourth-order valence-corrected chi connectivity index (χ4v) is 2.35. The van der Waals surface area contributed by atoms with Gasteiger partial charge >= 0.3 is 0 Å². The van der Waals surface area contributed by atoms with Crippen LogP contribution in [-0.4, -0.2) is 30.9 Å². The molecule has 0 aliphatic heterocycles. The molecule has 0 N–H and O–H groups in total. The van der Waals surface area contributed by atoms with Crippen LogP contribution >= 0.6 is 15.9 Å². The van der Waals surface area contributed by atoms with Crippen molar-refractivity contribution in [3.8, 4) is 0 Å². The summed E-state index contributed by atoms with van der Waals surface area (Å²) < 4.78 is 0. The van der Waals surface area contributed by atoms with Gasteiger partial charge < -0.3 is 4.90 Å². The molecule has 0 amide bonds. The molecule has 0 rings (SSSR count). The number of hydrogen-bond donors (Lipinski definition) is 0. The summed E-state index contributed by atoms with van der Waals surface area (Å²) in [6, 6.07) is 0. The lowest BCUT2D eigenvalue weighted by molar-refractivity contribution is 0.210. The molecule has 0 aliphatic carbocycles. The third-order valence-corrected chi connectivity index (χ3v) is 3.62. The van der Waals surface area contributed by atoms with Gasteiger partial charge in [0.2, 0.25) is 0 Å². The molecule has 0 aliphatic rings. The van der Waals surface area contributed by atoms with Crippen molar-refractivity contribution >= 4 is 15.9 Å². The van der Waals surface area contributed by atoms with E-state index in [9.17, 15) is 0 Å². The maximum Gasteiger partial charge on any atom is 0.01000 e. The van der Waals surface area contributed by atoms with Crippen LogP contribution in [0.1, 0.15) is 26.7 Å². The second-order valence-corrected chi connectivity index (χ2v) is 4.14. The average Bonchev–Trinajstić information content (AvgIpc) is 2.00. The SMILES string of the molecule is CCC(CC)(CBr)CN(C)C. The van der Waals surface area contributed by atoms with Gasteiger partial charge in [-0.15, -0.1) is 0 Å². The van der Waals surface area contributed by atoms with Gasteiger partial charge in [-0.05, 0) is 32.4 Å². The van der Waals surface area contributed by atoms with Gasteiger partial charge in [-0.1, -0.05) is 29.8 Å². The summed E-state index contributed by atoms with van der Waals surface area (Å²) >= 11 is 3.60. The van der Waals surface area contributed by atoms with E-state index in [1.807, 2.05) is 0 Å². The minimum atomic E-state index is 0.490. The predicted molar refractivity (Wildman–Crippen MR) is 55.4 cm³/mol. The van der Waals surface area contributed by atoms with Crippen LogP contribution < -0.4 is 0 Å². The Bertz CT molecular complexity index is 89.5. The second-order valence-electron chi connectivity index (χ2n) is 3.58. The molecule has 0 fully saturated rings. The van der Waals surface area contributed by atoms with Gasteiger partial charge in [-0.3, -0.25) is 0 Å². The van der Waals surface area contributed by atoms with E-state index < -0.39 is 0 Å². The normalized spacial score (nSPS) is 12.5. The first-order chi connectivity index (χ1) is 5.10. The van der Waals surface area contributed by atoms with E-state index in [2.05, 4.69) is 48.8 Å². The Hall–Kier alpha value is 0.440. The Morgan fingerprint density at radius 3 is 1.73 bits per heavy atom. The molecule has 0 radical (unpaired) electrons. The molecule has 2 heteroatoms. The summed E-state index contributed by atoms with van der Waals surface area (Å²) in [7, 11) is 4.28. The van der Waals surface area contributed by atoms with Crippen LogP contribution in [0.3, 0.4) is 0 Å². The van der Waals surface area contributed by atoms with Gasteiger partial charge in [0.15, 0.2) is 0 Å². The molecular weight excluding hydrogens is 202 g/mol. The Labute approximate surface area is 79.3 Å². The number of hydrogen-bond acceptors (Lipinski definition) is 1. The minimum absolute atomic E-state index is 0.490. The predicted octanol–water partition coefficient (Wildman–Crippen LogP) is 2.75. The summed E-state index contributed by atoms with van der Waals surface area (Å²) in [5.74, 6) is 0. The maximum atomic E-state index is 3.60. The topological polar surface area (TPSA) is 3.24 Å². The van der Waals surface area contributed by atoms with Crippen molar-refractivity contribution in [3.05, 3.63) is 0 Å². The number of alkyl halides is 1. The first-order valence-corrected chi connectivity index (χ1v) is 5.43. The summed E-state index contributed by atoms with van der Waals surface area (Å²) in [6.45, 7) is 5.73. The van der Waals surface area contributed by atoms with Crippen molar-refractivity contribution < 1.29 is 0 Å². The fraction of sp³-hybridized carbons (Fsp3) is 1.00. The third-order valence-electron chi connectivity index (χ3n) is 2.44. The van der Waals surface area contributed by atoms with Gasteiger partial charge in [0.05, 0.1) is 0 Å². The van der Waals surface area contributed by atoms with Crippen molar-refractivity contribution in [2.24, 2.45) is 5.41 Å². The molecule has 0 atom stereocenters. The van der Waals surface area contributed by atoms with Crippen molar-refractivity contribution in [1.82, 2.24) is 4.90 Å². The molecule has 0 saturated heterocycles. The summed E-state index contributed by atoms with van der Waals surface area (Å²) in [6.07, 6.45) is 2.51. The zero-order valence-electron chi connectivity index (χ0n) is 8.15. The van der Waals surface area contributed by atoms with Crippen molar-refractivity contribution in [1.29, 1.82) is 0 Å². The molecule has 0 saturated carbocycles. The van der Waals surface area contributed by atoms with Crippen LogP contribution in [0.4, 0.5) is 0 Å². The molecule has 0 bridgehead atoms. The number of nitrogens with zero attached hydrogens (tertiary/aromatic N) is 1. The largest absolute Gasteiger partial charge is 0.309 e. The summed E-state index contributed by atoms with van der Waals surface area (Å²) in [4.78, 5) is 2.27. The zero-order chi connectivity index (χ0) is 8.91. The van der Waals surface area contributed by atoms with E-state index in [1.165, 1.54) is 19.4 Å². The summed E-state index contributed by atoms with van der Waals surface area (Å²) in [5.41, 5.74) is 0.490. The molecule has 0 unspecified atom stereocenters. The lowest BCUT2D eigenvalue weighted by Crippen LogP contribution is -2.34. The molecular formula is C9H20BrN. The Balaban J connectivity index is 4.05. The van der Waals surface area contributed by atoms with Crippen LogP contribution in [0.2, 0.25) is 0 Å². The highest BCUT2D eigenvalue weighted by atomic mass is 79.9. The van der Waals surface area contributed by atoms with E-state index in [0.29, 0.717) is 5.41 Å². The highest BCUT2D eigenvalue weighted by Crippen LogP contribution is 2.28. The lowest BCUT2D eigenvalue weighted by Gasteiger charge is -2.32. The van der Waals surface area contributed by atoms with Crippen molar-refractivity contribution in [2.75, 3.05) is 26.0 Å². The standard InChI is InChI=1S/C9H20BrN/c1-5-9(6-2,7-10)8-11(3)4/h5-8H2,1-4H3. The Morgan fingerprint density at radius 2 is 1.64 bits per heavy atom. The van der Waals surface area contributed by atoms with Gasteiger partial charge in [-0.2, -0.15) is 0 Å². The molecule has 0 aromatic rings. The highest BCUT2D eigenvalue weighted by Gasteiger charge is 2.24. The monoisotopic (exact) mass is 221 g/mol. The average molecular weight is 222 g/mol. The van der Waals surface area contributed by atoms with Crippen LogP contribution in [0.15, 0.2) is 0 Å². The molecule has 68 valence electrons. The molecule has 0 aromatic carbocycles. The van der Waals surface area contributed by atoms with E-state index >= 15 is 0 Å². The van der Waals surface area contributed by atoms with Gasteiger partial charge in [0.1, 0.15) is 0 Å². The van der Waals surface area contributed by atoms with Gasteiger partial charge in [0, 0.05) is 11.9 Å². The first-order valence-electron chi connectivity index (χ1n) is 4.31. The Kier molecular flexibility index (Phi) is 5.36. The van der Waals surface area contributed by atoms with E-state index in [1.54, 1.807) is 0 Å². The highest BCUT2D eigenvalue weighted by molar-refractivity contribution is 9.09. The molecule has 1 nitrogen and oxygen atoms in total. The first kappa shape index (κ1) is 11.4. The van der Waals surface area contributed by atoms with Crippen LogP contribution in [0.5, 0.6) is 0 Å². The fourth-order valence-electron chi connectivity index (χ4n) is 1.38. The van der Waals surface area contributed by atoms with Crippen molar-refractivity contribution in [3.63, 3.8) is 0 Å². The van der Waals surface area contributed by atoms with Crippen LogP contribution in [-0.2, 0) is 0 Å². The van der Waals surface area contributed by atoms with E-state index in [-0.39, 0.29) is 0 Å². The molecule has 0 aromatic heterocycles. The van der Waals surface area contributed by atoms with Crippen LogP contribution in [0, 0.1) is 5.41 Å². The van der Waals surface area contributed by atoms with Crippen LogP contribution in [0.25, 0.3) is 0 Å².